The summed E-state index contributed by atoms with van der Waals surface area (Å²) in [5, 5.41) is 2.94. The molecule has 3 aromatic rings. The molecule has 6 rings (SSSR count). The van der Waals surface area contributed by atoms with Crippen LogP contribution in [0.2, 0.25) is 0 Å². The van der Waals surface area contributed by atoms with E-state index in [0.717, 1.165) is 48.4 Å². The number of aryl methyl sites for hydroxylation is 1. The van der Waals surface area contributed by atoms with Crippen molar-refractivity contribution in [2.24, 2.45) is 0 Å². The van der Waals surface area contributed by atoms with Crippen LogP contribution in [-0.4, -0.2) is 40.1 Å². The Morgan fingerprint density at radius 3 is 2.76 bits per heavy atom. The second kappa shape index (κ2) is 7.16. The minimum atomic E-state index is -0.189. The summed E-state index contributed by atoms with van der Waals surface area (Å²) in [4.78, 5) is 30.9. The van der Waals surface area contributed by atoms with Crippen molar-refractivity contribution in [3.8, 4) is 11.3 Å². The van der Waals surface area contributed by atoms with Crippen molar-refractivity contribution in [3.05, 3.63) is 60.6 Å². The SMILES string of the molecule is Cc1cncc(-c2ccc3c(n2)N(C(=O)Nc2ccccn2)C2CCN3CC2)c1. The van der Waals surface area contributed by atoms with Gasteiger partial charge < -0.3 is 4.90 Å². The number of anilines is 3. The number of hydrogen-bond acceptors (Lipinski definition) is 5. The first-order valence-corrected chi connectivity index (χ1v) is 9.88. The maximum Gasteiger partial charge on any atom is 0.328 e. The molecule has 2 amide bonds. The molecule has 3 aromatic heterocycles. The number of amides is 2. The highest BCUT2D eigenvalue weighted by Gasteiger charge is 2.37. The first-order chi connectivity index (χ1) is 14.2. The zero-order valence-electron chi connectivity index (χ0n) is 16.2. The van der Waals surface area contributed by atoms with E-state index >= 15 is 0 Å². The Morgan fingerprint density at radius 2 is 2.00 bits per heavy atom. The van der Waals surface area contributed by atoms with Gasteiger partial charge in [0.1, 0.15) is 5.82 Å². The van der Waals surface area contributed by atoms with E-state index < -0.39 is 0 Å². The van der Waals surface area contributed by atoms with E-state index in [-0.39, 0.29) is 12.1 Å². The predicted octanol–water partition coefficient (Wildman–Crippen LogP) is 3.87. The monoisotopic (exact) mass is 386 g/mol. The molecular formula is C22H22N6O. The number of aromatic nitrogens is 3. The molecular weight excluding hydrogens is 364 g/mol. The van der Waals surface area contributed by atoms with Crippen LogP contribution in [0.5, 0.6) is 0 Å². The highest BCUT2D eigenvalue weighted by atomic mass is 16.2. The summed E-state index contributed by atoms with van der Waals surface area (Å²) in [7, 11) is 0. The van der Waals surface area contributed by atoms with E-state index in [9.17, 15) is 4.79 Å². The van der Waals surface area contributed by atoms with Gasteiger partial charge in [0.25, 0.3) is 0 Å². The van der Waals surface area contributed by atoms with Gasteiger partial charge in [0.05, 0.1) is 11.4 Å². The van der Waals surface area contributed by atoms with Gasteiger partial charge in [-0.3, -0.25) is 15.2 Å². The van der Waals surface area contributed by atoms with Crippen LogP contribution in [0, 0.1) is 6.92 Å². The lowest BCUT2D eigenvalue weighted by molar-refractivity contribution is 0.253. The maximum atomic E-state index is 13.3. The van der Waals surface area contributed by atoms with Crippen LogP contribution in [0.4, 0.5) is 22.1 Å². The summed E-state index contributed by atoms with van der Waals surface area (Å²) in [6.45, 7) is 3.87. The van der Waals surface area contributed by atoms with Crippen molar-refractivity contribution in [1.82, 2.24) is 15.0 Å². The van der Waals surface area contributed by atoms with Crippen molar-refractivity contribution in [2.45, 2.75) is 25.8 Å². The molecule has 1 saturated heterocycles. The third-order valence-corrected chi connectivity index (χ3v) is 5.54. The van der Waals surface area contributed by atoms with Gasteiger partial charge in [-0.05, 0) is 55.7 Å². The molecule has 6 heterocycles. The predicted molar refractivity (Wildman–Crippen MR) is 113 cm³/mol. The summed E-state index contributed by atoms with van der Waals surface area (Å²) in [6, 6.07) is 11.6. The lowest BCUT2D eigenvalue weighted by atomic mass is 10.1. The summed E-state index contributed by atoms with van der Waals surface area (Å²) >= 11 is 0. The quantitative estimate of drug-likeness (QED) is 0.724. The van der Waals surface area contributed by atoms with E-state index in [1.165, 1.54) is 0 Å². The van der Waals surface area contributed by atoms with Crippen LogP contribution >= 0.6 is 0 Å². The number of rotatable bonds is 2. The number of urea groups is 1. The second-order valence-corrected chi connectivity index (χ2v) is 7.52. The summed E-state index contributed by atoms with van der Waals surface area (Å²) in [6.07, 6.45) is 7.15. The summed E-state index contributed by atoms with van der Waals surface area (Å²) in [5.74, 6) is 1.25. The molecule has 0 radical (unpaired) electrons. The number of carbonyl (C=O) groups excluding carboxylic acids is 1. The van der Waals surface area contributed by atoms with Gasteiger partial charge in [-0.2, -0.15) is 0 Å². The van der Waals surface area contributed by atoms with Gasteiger partial charge in [0.15, 0.2) is 5.82 Å². The largest absolute Gasteiger partial charge is 0.368 e. The van der Waals surface area contributed by atoms with E-state index in [1.54, 1.807) is 12.3 Å². The van der Waals surface area contributed by atoms with Gasteiger partial charge in [-0.25, -0.2) is 14.8 Å². The summed E-state index contributed by atoms with van der Waals surface area (Å²) in [5.41, 5.74) is 3.85. The molecule has 2 bridgehead atoms. The minimum absolute atomic E-state index is 0.120. The number of nitrogens with zero attached hydrogens (tertiary/aromatic N) is 5. The summed E-state index contributed by atoms with van der Waals surface area (Å²) < 4.78 is 0. The van der Waals surface area contributed by atoms with Crippen LogP contribution in [0.3, 0.4) is 0 Å². The highest BCUT2D eigenvalue weighted by molar-refractivity contribution is 6.03. The molecule has 0 unspecified atom stereocenters. The Hall–Kier alpha value is -3.48. The minimum Gasteiger partial charge on any atom is -0.368 e. The molecule has 3 aliphatic heterocycles. The fourth-order valence-corrected chi connectivity index (χ4v) is 4.13. The Bertz CT molecular complexity index is 1050. The zero-order valence-corrected chi connectivity index (χ0v) is 16.2. The van der Waals surface area contributed by atoms with Crippen LogP contribution in [0.15, 0.2) is 55.0 Å². The van der Waals surface area contributed by atoms with Crippen LogP contribution in [0.25, 0.3) is 11.3 Å². The van der Waals surface area contributed by atoms with E-state index in [2.05, 4.69) is 32.3 Å². The molecule has 7 nitrogen and oxygen atoms in total. The van der Waals surface area contributed by atoms with E-state index in [0.29, 0.717) is 11.6 Å². The molecule has 0 saturated carbocycles. The number of hydrogen-bond donors (Lipinski definition) is 1. The van der Waals surface area contributed by atoms with Crippen molar-refractivity contribution in [2.75, 3.05) is 28.2 Å². The second-order valence-electron chi connectivity index (χ2n) is 7.52. The number of piperidine rings is 1. The Balaban J connectivity index is 1.57. The van der Waals surface area contributed by atoms with Crippen molar-refractivity contribution >= 4 is 23.4 Å². The van der Waals surface area contributed by atoms with Crippen LogP contribution in [-0.2, 0) is 0 Å². The molecule has 1 fully saturated rings. The zero-order chi connectivity index (χ0) is 19.8. The Morgan fingerprint density at radius 1 is 1.14 bits per heavy atom. The molecule has 0 aromatic carbocycles. The molecule has 0 atom stereocenters. The number of nitrogens with one attached hydrogen (secondary N) is 1. The van der Waals surface area contributed by atoms with Gasteiger partial charge in [-0.1, -0.05) is 6.07 Å². The average molecular weight is 386 g/mol. The Kier molecular flexibility index (Phi) is 4.35. The van der Waals surface area contributed by atoms with E-state index in [1.807, 2.05) is 42.4 Å². The number of pyridine rings is 3. The van der Waals surface area contributed by atoms with Crippen molar-refractivity contribution < 1.29 is 4.79 Å². The normalized spacial score (nSPS) is 15.8. The van der Waals surface area contributed by atoms with E-state index in [4.69, 9.17) is 4.98 Å². The van der Waals surface area contributed by atoms with Crippen molar-refractivity contribution in [1.29, 1.82) is 0 Å². The smallest absolute Gasteiger partial charge is 0.328 e. The Labute approximate surface area is 169 Å². The highest BCUT2D eigenvalue weighted by Crippen LogP contribution is 2.39. The van der Waals surface area contributed by atoms with Gasteiger partial charge in [0.2, 0.25) is 0 Å². The molecule has 0 aliphatic carbocycles. The lowest BCUT2D eigenvalue weighted by Crippen LogP contribution is -2.46. The van der Waals surface area contributed by atoms with Crippen LogP contribution in [0.1, 0.15) is 18.4 Å². The average Bonchev–Trinajstić information content (AvgIpc) is 3.00. The number of carbonyl (C=O) groups is 1. The molecule has 0 spiro atoms. The molecule has 1 N–H and O–H groups in total. The lowest BCUT2D eigenvalue weighted by Gasteiger charge is -2.31. The van der Waals surface area contributed by atoms with Gasteiger partial charge in [-0.15, -0.1) is 0 Å². The van der Waals surface area contributed by atoms with Gasteiger partial charge in [0, 0.05) is 43.3 Å². The first-order valence-electron chi connectivity index (χ1n) is 9.88. The molecule has 7 heteroatoms. The topological polar surface area (TPSA) is 74.2 Å². The third-order valence-electron chi connectivity index (χ3n) is 5.54. The fourth-order valence-electron chi connectivity index (χ4n) is 4.13. The first kappa shape index (κ1) is 17.6. The fraction of sp³-hybridized carbons (Fsp3) is 0.273. The van der Waals surface area contributed by atoms with Crippen LogP contribution < -0.4 is 15.1 Å². The maximum absolute atomic E-state index is 13.3. The third kappa shape index (κ3) is 3.29. The van der Waals surface area contributed by atoms with Crippen molar-refractivity contribution in [3.63, 3.8) is 0 Å². The standard InChI is InChI=1S/C22H22N6O/c1-15-12-16(14-23-13-15)18-5-6-19-21(25-18)28(17-7-10-27(19)11-8-17)22(29)26-20-4-2-3-9-24-20/h2-6,9,12-14,17H,7-8,10-11H2,1H3,(H,24,26,29). The molecule has 29 heavy (non-hydrogen) atoms. The molecule has 3 aliphatic rings. The molecule has 146 valence electrons. The number of fused-ring (bicyclic) bond motifs is 2. The van der Waals surface area contributed by atoms with Gasteiger partial charge >= 0.3 is 6.03 Å².